The first kappa shape index (κ1) is 12.1. The molecule has 2 rings (SSSR count). The number of hydrogen-bond acceptors (Lipinski definition) is 2. The summed E-state index contributed by atoms with van der Waals surface area (Å²) in [5.41, 5.74) is 0.839. The topological polar surface area (TPSA) is 18.5 Å². The van der Waals surface area contributed by atoms with Gasteiger partial charge in [-0.1, -0.05) is 11.8 Å². The van der Waals surface area contributed by atoms with Gasteiger partial charge in [-0.2, -0.15) is 0 Å². The van der Waals surface area contributed by atoms with E-state index in [-0.39, 0.29) is 0 Å². The molecule has 0 unspecified atom stereocenters. The van der Waals surface area contributed by atoms with Crippen molar-refractivity contribution >= 4 is 11.6 Å². The molecule has 0 radical (unpaired) electrons. The van der Waals surface area contributed by atoms with Crippen molar-refractivity contribution < 1.29 is 9.47 Å². The predicted molar refractivity (Wildman–Crippen MR) is 68.8 cm³/mol. The van der Waals surface area contributed by atoms with E-state index in [1.54, 1.807) is 7.11 Å². The molecule has 0 heterocycles. The number of alkyl halides is 1. The highest BCUT2D eigenvalue weighted by Crippen LogP contribution is 2.31. The van der Waals surface area contributed by atoms with Gasteiger partial charge in [0.05, 0.1) is 25.2 Å². The fourth-order valence-electron chi connectivity index (χ4n) is 1.48. The second-order valence-electron chi connectivity index (χ2n) is 4.05. The highest BCUT2D eigenvalue weighted by Gasteiger charge is 2.22. The Labute approximate surface area is 107 Å². The zero-order valence-electron chi connectivity index (χ0n) is 9.83. The van der Waals surface area contributed by atoms with E-state index < -0.39 is 0 Å². The smallest absolute Gasteiger partial charge is 0.135 e. The molecule has 0 amide bonds. The van der Waals surface area contributed by atoms with Crippen LogP contribution in [-0.4, -0.2) is 19.6 Å². The molecule has 1 aromatic carbocycles. The Morgan fingerprint density at radius 1 is 1.41 bits per heavy atom. The van der Waals surface area contributed by atoms with Gasteiger partial charge in [0, 0.05) is 0 Å². The van der Waals surface area contributed by atoms with Gasteiger partial charge in [0.2, 0.25) is 0 Å². The van der Waals surface area contributed by atoms with E-state index in [4.69, 9.17) is 21.1 Å². The summed E-state index contributed by atoms with van der Waals surface area (Å²) in [6.07, 6.45) is 2.55. The molecule has 0 atom stereocenters. The average molecular weight is 251 g/mol. The standard InChI is InChI=1S/C14H15ClO2/c1-16-13-6-7-14(17-10-11-4-5-11)12(9-13)3-2-8-15/h6-7,9,11H,4-5,8,10H2,1H3. The van der Waals surface area contributed by atoms with Crippen molar-refractivity contribution in [2.45, 2.75) is 12.8 Å². The van der Waals surface area contributed by atoms with Crippen LogP contribution in [-0.2, 0) is 0 Å². The molecule has 3 heteroatoms. The Balaban J connectivity index is 2.15. The molecule has 1 aliphatic rings. The third-order valence-corrected chi connectivity index (χ3v) is 2.78. The van der Waals surface area contributed by atoms with Gasteiger partial charge in [0.25, 0.3) is 0 Å². The zero-order valence-corrected chi connectivity index (χ0v) is 10.6. The molecule has 0 saturated heterocycles. The molecule has 1 fully saturated rings. The highest BCUT2D eigenvalue weighted by atomic mass is 35.5. The van der Waals surface area contributed by atoms with E-state index >= 15 is 0 Å². The van der Waals surface area contributed by atoms with Crippen LogP contribution >= 0.6 is 11.6 Å². The lowest BCUT2D eigenvalue weighted by atomic mass is 10.2. The van der Waals surface area contributed by atoms with Crippen molar-refractivity contribution in [2.24, 2.45) is 5.92 Å². The van der Waals surface area contributed by atoms with Gasteiger partial charge in [0.15, 0.2) is 0 Å². The molecular weight excluding hydrogens is 236 g/mol. The fraction of sp³-hybridized carbons (Fsp3) is 0.429. The van der Waals surface area contributed by atoms with E-state index in [1.807, 2.05) is 18.2 Å². The summed E-state index contributed by atoms with van der Waals surface area (Å²) in [6.45, 7) is 0.780. The Bertz CT molecular complexity index is 441. The quantitative estimate of drug-likeness (QED) is 0.604. The summed E-state index contributed by atoms with van der Waals surface area (Å²) >= 11 is 5.57. The molecule has 1 saturated carbocycles. The van der Waals surface area contributed by atoms with Gasteiger partial charge in [-0.05, 0) is 37.0 Å². The minimum atomic E-state index is 0.319. The number of benzene rings is 1. The molecule has 1 aromatic rings. The first-order valence-corrected chi connectivity index (χ1v) is 6.22. The van der Waals surface area contributed by atoms with Crippen molar-refractivity contribution in [3.63, 3.8) is 0 Å². The van der Waals surface area contributed by atoms with Crippen LogP contribution in [0.5, 0.6) is 11.5 Å². The lowest BCUT2D eigenvalue weighted by molar-refractivity contribution is 0.298. The lowest BCUT2D eigenvalue weighted by Gasteiger charge is -2.09. The molecule has 0 aromatic heterocycles. The van der Waals surface area contributed by atoms with Crippen LogP contribution in [0.2, 0.25) is 0 Å². The van der Waals surface area contributed by atoms with Gasteiger partial charge in [-0.25, -0.2) is 0 Å². The SMILES string of the molecule is COc1ccc(OCC2CC2)c(C#CCCl)c1. The molecule has 0 bridgehead atoms. The molecule has 0 aliphatic heterocycles. The van der Waals surface area contributed by atoms with E-state index in [0.717, 1.165) is 29.6 Å². The van der Waals surface area contributed by atoms with Gasteiger partial charge in [-0.15, -0.1) is 11.6 Å². The van der Waals surface area contributed by atoms with Crippen molar-refractivity contribution in [1.29, 1.82) is 0 Å². The first-order chi connectivity index (χ1) is 8.33. The maximum atomic E-state index is 5.76. The third-order valence-electron chi connectivity index (χ3n) is 2.65. The van der Waals surface area contributed by atoms with Crippen LogP contribution in [0.4, 0.5) is 0 Å². The number of methoxy groups -OCH3 is 1. The second-order valence-corrected chi connectivity index (χ2v) is 4.32. The summed E-state index contributed by atoms with van der Waals surface area (Å²) in [6, 6.07) is 5.66. The highest BCUT2D eigenvalue weighted by molar-refractivity contribution is 6.19. The Morgan fingerprint density at radius 2 is 2.24 bits per heavy atom. The molecule has 90 valence electrons. The maximum absolute atomic E-state index is 5.76. The third kappa shape index (κ3) is 3.57. The zero-order chi connectivity index (χ0) is 12.1. The second kappa shape index (κ2) is 5.84. The Morgan fingerprint density at radius 3 is 2.88 bits per heavy atom. The molecule has 1 aliphatic carbocycles. The predicted octanol–water partition coefficient (Wildman–Crippen LogP) is 3.07. The molecule has 2 nitrogen and oxygen atoms in total. The van der Waals surface area contributed by atoms with Crippen LogP contribution in [0.15, 0.2) is 18.2 Å². The molecule has 0 spiro atoms. The maximum Gasteiger partial charge on any atom is 0.135 e. The van der Waals surface area contributed by atoms with Crippen LogP contribution in [0.25, 0.3) is 0 Å². The Kier molecular flexibility index (Phi) is 4.17. The largest absolute Gasteiger partial charge is 0.497 e. The fourth-order valence-corrected chi connectivity index (χ4v) is 1.55. The van der Waals surface area contributed by atoms with Crippen molar-refractivity contribution in [2.75, 3.05) is 19.6 Å². The van der Waals surface area contributed by atoms with Crippen molar-refractivity contribution in [1.82, 2.24) is 0 Å². The number of ether oxygens (including phenoxy) is 2. The summed E-state index contributed by atoms with van der Waals surface area (Å²) in [4.78, 5) is 0. The van der Waals surface area contributed by atoms with E-state index in [0.29, 0.717) is 5.88 Å². The number of hydrogen-bond donors (Lipinski definition) is 0. The van der Waals surface area contributed by atoms with Crippen molar-refractivity contribution in [3.05, 3.63) is 23.8 Å². The van der Waals surface area contributed by atoms with Gasteiger partial charge >= 0.3 is 0 Å². The van der Waals surface area contributed by atoms with Crippen LogP contribution < -0.4 is 9.47 Å². The Hall–Kier alpha value is -1.33. The van der Waals surface area contributed by atoms with Gasteiger partial charge in [-0.3, -0.25) is 0 Å². The van der Waals surface area contributed by atoms with Crippen LogP contribution in [0.3, 0.4) is 0 Å². The lowest BCUT2D eigenvalue weighted by Crippen LogP contribution is -2.00. The number of rotatable bonds is 4. The van der Waals surface area contributed by atoms with E-state index in [2.05, 4.69) is 11.8 Å². The summed E-state index contributed by atoms with van der Waals surface area (Å²) in [7, 11) is 1.64. The van der Waals surface area contributed by atoms with Gasteiger partial charge in [0.1, 0.15) is 11.5 Å². The van der Waals surface area contributed by atoms with E-state index in [1.165, 1.54) is 12.8 Å². The summed E-state index contributed by atoms with van der Waals surface area (Å²) in [5.74, 6) is 8.48. The molecule has 17 heavy (non-hydrogen) atoms. The first-order valence-electron chi connectivity index (χ1n) is 5.69. The minimum absolute atomic E-state index is 0.319. The average Bonchev–Trinajstić information content (AvgIpc) is 3.18. The molecular formula is C14H15ClO2. The van der Waals surface area contributed by atoms with Crippen molar-refractivity contribution in [3.8, 4) is 23.3 Å². The molecule has 0 N–H and O–H groups in total. The van der Waals surface area contributed by atoms with E-state index in [9.17, 15) is 0 Å². The van der Waals surface area contributed by atoms with Gasteiger partial charge < -0.3 is 9.47 Å². The summed E-state index contributed by atoms with van der Waals surface area (Å²) in [5, 5.41) is 0. The number of halogens is 1. The minimum Gasteiger partial charge on any atom is -0.497 e. The summed E-state index contributed by atoms with van der Waals surface area (Å²) < 4.78 is 10.9. The monoisotopic (exact) mass is 250 g/mol. The van der Waals surface area contributed by atoms with Crippen LogP contribution in [0.1, 0.15) is 18.4 Å². The normalized spacial score (nSPS) is 13.8. The van der Waals surface area contributed by atoms with Crippen LogP contribution in [0, 0.1) is 17.8 Å².